The number of piperidine rings is 1. The van der Waals surface area contributed by atoms with Crippen molar-refractivity contribution in [3.05, 3.63) is 54.1 Å². The van der Waals surface area contributed by atoms with Crippen LogP contribution in [0, 0.1) is 5.92 Å². The molecule has 1 amide bonds. The number of hydrogen-bond acceptors (Lipinski definition) is 5. The molecule has 4 unspecified atom stereocenters. The van der Waals surface area contributed by atoms with Crippen molar-refractivity contribution in [3.63, 3.8) is 0 Å². The molecule has 2 aromatic rings. The number of methoxy groups -OCH3 is 2. The first-order valence-electron chi connectivity index (χ1n) is 11.1. The summed E-state index contributed by atoms with van der Waals surface area (Å²) in [5.41, 5.74) is 3.13. The Bertz CT molecular complexity index is 1040. The van der Waals surface area contributed by atoms with Crippen molar-refractivity contribution in [2.45, 2.75) is 41.1 Å². The topological polar surface area (TPSA) is 65.1 Å². The number of amides is 1. The quantitative estimate of drug-likeness (QED) is 0.354. The van der Waals surface area contributed by atoms with E-state index >= 15 is 0 Å². The minimum absolute atomic E-state index is 0.0585. The van der Waals surface area contributed by atoms with Gasteiger partial charge in [-0.05, 0) is 48.1 Å². The number of esters is 1. The monoisotopic (exact) mass is 525 g/mol. The number of ether oxygens (including phenoxy) is 3. The Morgan fingerprint density at radius 3 is 2.41 bits per heavy atom. The third kappa shape index (κ3) is 5.24. The van der Waals surface area contributed by atoms with Gasteiger partial charge in [0.05, 0.1) is 20.1 Å². The number of hydrogen-bond donors (Lipinski definition) is 0. The first-order chi connectivity index (χ1) is 16.2. The summed E-state index contributed by atoms with van der Waals surface area (Å²) in [6, 6.07) is 15.6. The maximum absolute atomic E-state index is 12.9. The third-order valence-corrected chi connectivity index (χ3v) is 7.03. The minimum Gasteiger partial charge on any atom is -0.497 e. The van der Waals surface area contributed by atoms with Gasteiger partial charge >= 0.3 is 12.1 Å². The summed E-state index contributed by atoms with van der Waals surface area (Å²) >= 11 is 17.2. The largest absolute Gasteiger partial charge is 0.497 e. The van der Waals surface area contributed by atoms with Crippen molar-refractivity contribution < 1.29 is 23.8 Å². The Labute approximate surface area is 214 Å². The van der Waals surface area contributed by atoms with Crippen LogP contribution in [-0.2, 0) is 14.3 Å². The van der Waals surface area contributed by atoms with Gasteiger partial charge < -0.3 is 19.1 Å². The molecule has 2 bridgehead atoms. The Hall–Kier alpha value is -2.15. The van der Waals surface area contributed by atoms with Gasteiger partial charge in [-0.2, -0.15) is 0 Å². The average molecular weight is 527 g/mol. The molecule has 2 saturated heterocycles. The predicted octanol–water partition coefficient (Wildman–Crippen LogP) is 5.98. The maximum atomic E-state index is 12.9. The van der Waals surface area contributed by atoms with Crippen molar-refractivity contribution in [2.75, 3.05) is 20.8 Å². The number of alkyl halides is 3. The van der Waals surface area contributed by atoms with Crippen LogP contribution in [-0.4, -0.2) is 53.7 Å². The van der Waals surface area contributed by atoms with Crippen LogP contribution in [0.3, 0.4) is 0 Å². The Morgan fingerprint density at radius 1 is 1.03 bits per heavy atom. The van der Waals surface area contributed by atoms with Gasteiger partial charge in [-0.15, -0.1) is 0 Å². The highest BCUT2D eigenvalue weighted by Gasteiger charge is 2.53. The van der Waals surface area contributed by atoms with E-state index in [0.717, 1.165) is 28.9 Å². The van der Waals surface area contributed by atoms with E-state index in [1.54, 1.807) is 12.0 Å². The summed E-state index contributed by atoms with van der Waals surface area (Å²) in [6.45, 7) is -0.357. The van der Waals surface area contributed by atoms with Crippen molar-refractivity contribution in [1.82, 2.24) is 4.90 Å². The minimum atomic E-state index is -1.70. The van der Waals surface area contributed by atoms with Crippen molar-refractivity contribution in [1.29, 1.82) is 0 Å². The SMILES string of the molecule is COC(=O)C1C(c2ccc(-c3cccc(OC)c3)cc2)CC2CCC1N2C(=O)OCC(Cl)(Cl)Cl. The molecule has 9 heteroatoms. The van der Waals surface area contributed by atoms with E-state index in [2.05, 4.69) is 0 Å². The molecular formula is C25H26Cl3NO5. The molecule has 6 nitrogen and oxygen atoms in total. The predicted molar refractivity (Wildman–Crippen MR) is 132 cm³/mol. The van der Waals surface area contributed by atoms with E-state index in [1.807, 2.05) is 48.5 Å². The Balaban J connectivity index is 1.58. The van der Waals surface area contributed by atoms with Crippen LogP contribution in [0.2, 0.25) is 0 Å². The highest BCUT2D eigenvalue weighted by Crippen LogP contribution is 2.48. The first-order valence-corrected chi connectivity index (χ1v) is 12.2. The van der Waals surface area contributed by atoms with Gasteiger partial charge in [-0.1, -0.05) is 71.2 Å². The number of carbonyl (C=O) groups excluding carboxylic acids is 2. The molecular weight excluding hydrogens is 501 g/mol. The number of halogens is 3. The number of rotatable bonds is 5. The normalized spacial score (nSPS) is 24.0. The Kier molecular flexibility index (Phi) is 7.51. The highest BCUT2D eigenvalue weighted by molar-refractivity contribution is 6.67. The van der Waals surface area contributed by atoms with E-state index in [1.165, 1.54) is 7.11 Å². The second-order valence-corrected chi connectivity index (χ2v) is 11.1. The third-order valence-electron chi connectivity index (χ3n) is 6.71. The summed E-state index contributed by atoms with van der Waals surface area (Å²) in [5, 5.41) is 0. The fourth-order valence-corrected chi connectivity index (χ4v) is 5.40. The van der Waals surface area contributed by atoms with Crippen molar-refractivity contribution in [3.8, 4) is 16.9 Å². The zero-order chi connectivity index (χ0) is 24.5. The highest BCUT2D eigenvalue weighted by atomic mass is 35.6. The van der Waals surface area contributed by atoms with Crippen LogP contribution in [0.4, 0.5) is 4.79 Å². The van der Waals surface area contributed by atoms with E-state index < -0.39 is 15.8 Å². The fourth-order valence-electron chi connectivity index (χ4n) is 5.23. The number of benzene rings is 2. The van der Waals surface area contributed by atoms with Gasteiger partial charge in [0.1, 0.15) is 12.4 Å². The van der Waals surface area contributed by atoms with Crippen LogP contribution < -0.4 is 4.74 Å². The molecule has 0 aromatic heterocycles. The second-order valence-electron chi connectivity index (χ2n) is 8.62. The molecule has 0 spiro atoms. The smallest absolute Gasteiger partial charge is 0.410 e. The summed E-state index contributed by atoms with van der Waals surface area (Å²) < 4.78 is 14.0. The molecule has 182 valence electrons. The average Bonchev–Trinajstić information content (AvgIpc) is 3.15. The molecule has 4 atom stereocenters. The molecule has 0 aliphatic carbocycles. The van der Waals surface area contributed by atoms with Crippen molar-refractivity contribution in [2.24, 2.45) is 5.92 Å². The molecule has 2 heterocycles. The lowest BCUT2D eigenvalue weighted by molar-refractivity contribution is -0.150. The Morgan fingerprint density at radius 2 is 1.76 bits per heavy atom. The van der Waals surface area contributed by atoms with Crippen LogP contribution >= 0.6 is 34.8 Å². The van der Waals surface area contributed by atoms with Gasteiger partial charge in [0, 0.05) is 18.0 Å². The van der Waals surface area contributed by atoms with Crippen LogP contribution in [0.5, 0.6) is 5.75 Å². The second kappa shape index (κ2) is 10.2. The zero-order valence-electron chi connectivity index (χ0n) is 18.9. The van der Waals surface area contributed by atoms with Gasteiger partial charge in [0.25, 0.3) is 0 Å². The molecule has 2 aliphatic rings. The molecule has 2 aliphatic heterocycles. The summed E-state index contributed by atoms with van der Waals surface area (Å²) in [4.78, 5) is 27.4. The lowest BCUT2D eigenvalue weighted by atomic mass is 9.76. The fraction of sp³-hybridized carbons (Fsp3) is 0.440. The molecule has 0 N–H and O–H groups in total. The van der Waals surface area contributed by atoms with E-state index in [4.69, 9.17) is 49.0 Å². The summed E-state index contributed by atoms with van der Waals surface area (Å²) in [5.74, 6) is -0.141. The molecule has 2 fully saturated rings. The van der Waals surface area contributed by atoms with Gasteiger partial charge in [-0.3, -0.25) is 4.79 Å². The van der Waals surface area contributed by atoms with Crippen molar-refractivity contribution >= 4 is 46.9 Å². The van der Waals surface area contributed by atoms with Crippen LogP contribution in [0.1, 0.15) is 30.7 Å². The summed E-state index contributed by atoms with van der Waals surface area (Å²) in [7, 11) is 3.01. The first kappa shape index (κ1) is 25.0. The van der Waals surface area contributed by atoms with Gasteiger partial charge in [0.2, 0.25) is 3.79 Å². The van der Waals surface area contributed by atoms with Gasteiger partial charge in [0.15, 0.2) is 0 Å². The zero-order valence-corrected chi connectivity index (χ0v) is 21.1. The molecule has 0 radical (unpaired) electrons. The molecule has 4 rings (SSSR count). The lowest BCUT2D eigenvalue weighted by Gasteiger charge is -2.43. The maximum Gasteiger partial charge on any atom is 0.410 e. The number of carbonyl (C=O) groups is 2. The van der Waals surface area contributed by atoms with E-state index in [0.29, 0.717) is 12.8 Å². The van der Waals surface area contributed by atoms with E-state index in [-0.39, 0.29) is 30.6 Å². The van der Waals surface area contributed by atoms with Crippen LogP contribution in [0.25, 0.3) is 11.1 Å². The lowest BCUT2D eigenvalue weighted by Crippen LogP contribution is -2.53. The number of nitrogens with zero attached hydrogens (tertiary/aromatic N) is 1. The molecule has 0 saturated carbocycles. The van der Waals surface area contributed by atoms with Crippen LogP contribution in [0.15, 0.2) is 48.5 Å². The molecule has 2 aromatic carbocycles. The van der Waals surface area contributed by atoms with E-state index in [9.17, 15) is 9.59 Å². The standard InChI is InChI=1S/C25H26Cl3NO5/c1-32-19-5-3-4-17(12-19)15-6-8-16(9-7-15)20-13-18-10-11-21(22(20)23(30)33-2)29(18)24(31)34-14-25(26,27)28/h3-9,12,18,20-22H,10-11,13-14H2,1-2H3. The van der Waals surface area contributed by atoms with Gasteiger partial charge in [-0.25, -0.2) is 4.79 Å². The molecule has 34 heavy (non-hydrogen) atoms. The number of fused-ring (bicyclic) bond motifs is 2. The summed E-state index contributed by atoms with van der Waals surface area (Å²) in [6.07, 6.45) is 1.52.